The normalized spacial score (nSPS) is 15.3. The Hall–Kier alpha value is -2.14. The first-order chi connectivity index (χ1) is 12.4. The van der Waals surface area contributed by atoms with E-state index in [1.807, 2.05) is 11.0 Å². The van der Waals surface area contributed by atoms with Gasteiger partial charge in [-0.2, -0.15) is 0 Å². The van der Waals surface area contributed by atoms with Crippen molar-refractivity contribution in [1.29, 1.82) is 0 Å². The standard InChI is InChI=1S/C20H22ClFN2O2/c1-23-13-15(2-3-19(23)25)11-20(26)24-6-4-14(5-7-24)8-16-9-17(21)12-18(22)10-16/h2-3,9-10,12-14H,4-8,11H2,1H3. The lowest BCUT2D eigenvalue weighted by atomic mass is 9.90. The summed E-state index contributed by atoms with van der Waals surface area (Å²) in [4.78, 5) is 25.8. The number of hydrogen-bond acceptors (Lipinski definition) is 2. The molecule has 1 fully saturated rings. The Morgan fingerprint density at radius 1 is 1.19 bits per heavy atom. The molecule has 4 nitrogen and oxygen atoms in total. The summed E-state index contributed by atoms with van der Waals surface area (Å²) in [6.07, 6.45) is 4.58. The van der Waals surface area contributed by atoms with Crippen molar-refractivity contribution in [3.63, 3.8) is 0 Å². The minimum atomic E-state index is -0.308. The smallest absolute Gasteiger partial charge is 0.250 e. The van der Waals surface area contributed by atoms with Crippen molar-refractivity contribution in [2.45, 2.75) is 25.7 Å². The number of benzene rings is 1. The number of carbonyl (C=O) groups excluding carboxylic acids is 1. The number of halogens is 2. The fourth-order valence-electron chi connectivity index (χ4n) is 3.49. The molecule has 0 bridgehead atoms. The Labute approximate surface area is 157 Å². The number of aromatic nitrogens is 1. The van der Waals surface area contributed by atoms with Crippen LogP contribution in [0.4, 0.5) is 4.39 Å². The third-order valence-corrected chi connectivity index (χ3v) is 5.13. The number of aryl methyl sites for hydroxylation is 1. The molecule has 6 heteroatoms. The summed E-state index contributed by atoms with van der Waals surface area (Å²) >= 11 is 5.92. The van der Waals surface area contributed by atoms with Crippen molar-refractivity contribution in [2.75, 3.05) is 13.1 Å². The van der Waals surface area contributed by atoms with E-state index in [-0.39, 0.29) is 17.3 Å². The zero-order valence-electron chi connectivity index (χ0n) is 14.8. The quantitative estimate of drug-likeness (QED) is 0.822. The second-order valence-electron chi connectivity index (χ2n) is 6.97. The van der Waals surface area contributed by atoms with Crippen LogP contribution in [0.3, 0.4) is 0 Å². The molecule has 2 aromatic rings. The van der Waals surface area contributed by atoms with Crippen molar-refractivity contribution >= 4 is 17.5 Å². The highest BCUT2D eigenvalue weighted by atomic mass is 35.5. The van der Waals surface area contributed by atoms with Crippen LogP contribution in [0.25, 0.3) is 0 Å². The SMILES string of the molecule is Cn1cc(CC(=O)N2CCC(Cc3cc(F)cc(Cl)c3)CC2)ccc1=O. The molecule has 1 aliphatic rings. The molecule has 0 unspecified atom stereocenters. The van der Waals surface area contributed by atoms with Crippen molar-refractivity contribution in [3.8, 4) is 0 Å². The molecule has 3 rings (SSSR count). The molecule has 0 atom stereocenters. The summed E-state index contributed by atoms with van der Waals surface area (Å²) < 4.78 is 14.9. The molecule has 2 heterocycles. The van der Waals surface area contributed by atoms with E-state index in [1.165, 1.54) is 22.8 Å². The number of hydrogen-bond donors (Lipinski definition) is 0. The van der Waals surface area contributed by atoms with Gasteiger partial charge in [0.05, 0.1) is 6.42 Å². The van der Waals surface area contributed by atoms with Crippen molar-refractivity contribution in [1.82, 2.24) is 9.47 Å². The summed E-state index contributed by atoms with van der Waals surface area (Å²) in [6, 6.07) is 7.84. The number of likely N-dealkylation sites (tertiary alicyclic amines) is 1. The molecule has 0 N–H and O–H groups in total. The number of piperidine rings is 1. The number of rotatable bonds is 4. The molecular formula is C20H22ClFN2O2. The fraction of sp³-hybridized carbons (Fsp3) is 0.400. The van der Waals surface area contributed by atoms with Crippen LogP contribution < -0.4 is 5.56 Å². The van der Waals surface area contributed by atoms with Gasteiger partial charge in [0, 0.05) is 37.4 Å². The minimum absolute atomic E-state index is 0.0795. The largest absolute Gasteiger partial charge is 0.342 e. The summed E-state index contributed by atoms with van der Waals surface area (Å²) in [7, 11) is 1.68. The van der Waals surface area contributed by atoms with Gasteiger partial charge in [0.15, 0.2) is 0 Å². The van der Waals surface area contributed by atoms with E-state index >= 15 is 0 Å². The van der Waals surface area contributed by atoms with Gasteiger partial charge in [-0.25, -0.2) is 4.39 Å². The third kappa shape index (κ3) is 4.73. The summed E-state index contributed by atoms with van der Waals surface area (Å²) in [5.74, 6) is 0.197. The van der Waals surface area contributed by atoms with Crippen LogP contribution in [0.1, 0.15) is 24.0 Å². The average Bonchev–Trinajstić information content (AvgIpc) is 2.58. The van der Waals surface area contributed by atoms with Crippen molar-refractivity contribution < 1.29 is 9.18 Å². The Balaban J connectivity index is 1.53. The number of pyridine rings is 1. The van der Waals surface area contributed by atoms with Gasteiger partial charge >= 0.3 is 0 Å². The van der Waals surface area contributed by atoms with Crippen LogP contribution in [0, 0.1) is 11.7 Å². The van der Waals surface area contributed by atoms with E-state index < -0.39 is 0 Å². The highest BCUT2D eigenvalue weighted by Gasteiger charge is 2.23. The molecular weight excluding hydrogens is 355 g/mol. The molecule has 1 amide bonds. The van der Waals surface area contributed by atoms with Gasteiger partial charge in [0.2, 0.25) is 11.5 Å². The second kappa shape index (κ2) is 8.04. The average molecular weight is 377 g/mol. The number of carbonyl (C=O) groups is 1. The van der Waals surface area contributed by atoms with Crippen LogP contribution in [0.15, 0.2) is 41.3 Å². The maximum atomic E-state index is 13.5. The van der Waals surface area contributed by atoms with Gasteiger partial charge < -0.3 is 9.47 Å². The number of nitrogens with zero attached hydrogens (tertiary/aromatic N) is 2. The van der Waals surface area contributed by atoms with Crippen molar-refractivity contribution in [3.05, 3.63) is 68.8 Å². The first-order valence-corrected chi connectivity index (χ1v) is 9.17. The van der Waals surface area contributed by atoms with Crippen LogP contribution in [0.2, 0.25) is 5.02 Å². The Morgan fingerprint density at radius 2 is 1.92 bits per heavy atom. The molecule has 1 saturated heterocycles. The fourth-order valence-corrected chi connectivity index (χ4v) is 3.74. The molecule has 138 valence electrons. The van der Waals surface area contributed by atoms with E-state index in [0.29, 0.717) is 30.5 Å². The van der Waals surface area contributed by atoms with Crippen LogP contribution >= 0.6 is 11.6 Å². The Morgan fingerprint density at radius 3 is 2.58 bits per heavy atom. The van der Waals surface area contributed by atoms with E-state index in [2.05, 4.69) is 0 Å². The molecule has 1 aromatic heterocycles. The number of amides is 1. The maximum Gasteiger partial charge on any atom is 0.250 e. The van der Waals surface area contributed by atoms with E-state index in [9.17, 15) is 14.0 Å². The molecule has 0 saturated carbocycles. The topological polar surface area (TPSA) is 42.3 Å². The Bertz CT molecular complexity index is 837. The van der Waals surface area contributed by atoms with Crippen molar-refractivity contribution in [2.24, 2.45) is 13.0 Å². The lowest BCUT2D eigenvalue weighted by molar-refractivity contribution is -0.131. The molecule has 0 spiro atoms. The molecule has 1 aliphatic heterocycles. The summed E-state index contributed by atoms with van der Waals surface area (Å²) in [6.45, 7) is 1.41. The van der Waals surface area contributed by atoms with Gasteiger partial charge in [-0.15, -0.1) is 0 Å². The Kier molecular flexibility index (Phi) is 5.77. The van der Waals surface area contributed by atoms with Gasteiger partial charge in [0.25, 0.3) is 0 Å². The lowest BCUT2D eigenvalue weighted by Gasteiger charge is -2.32. The first kappa shape index (κ1) is 18.6. The van der Waals surface area contributed by atoms with Crippen LogP contribution in [-0.4, -0.2) is 28.5 Å². The van der Waals surface area contributed by atoms with Gasteiger partial charge in [0.1, 0.15) is 5.82 Å². The van der Waals surface area contributed by atoms with E-state index in [1.54, 1.807) is 19.3 Å². The predicted molar refractivity (Wildman–Crippen MR) is 99.8 cm³/mol. The molecule has 0 radical (unpaired) electrons. The monoisotopic (exact) mass is 376 g/mol. The van der Waals surface area contributed by atoms with Crippen LogP contribution in [0.5, 0.6) is 0 Å². The highest BCUT2D eigenvalue weighted by Crippen LogP contribution is 2.24. The second-order valence-corrected chi connectivity index (χ2v) is 7.41. The van der Waals surface area contributed by atoms with Gasteiger partial charge in [-0.05, 0) is 54.5 Å². The zero-order chi connectivity index (χ0) is 18.7. The molecule has 0 aliphatic carbocycles. The van der Waals surface area contributed by atoms with Gasteiger partial charge in [-0.3, -0.25) is 9.59 Å². The van der Waals surface area contributed by atoms with E-state index in [0.717, 1.165) is 30.4 Å². The zero-order valence-corrected chi connectivity index (χ0v) is 15.5. The summed E-state index contributed by atoms with van der Waals surface area (Å²) in [5, 5.41) is 0.421. The minimum Gasteiger partial charge on any atom is -0.342 e. The maximum absolute atomic E-state index is 13.5. The molecule has 1 aromatic carbocycles. The first-order valence-electron chi connectivity index (χ1n) is 8.79. The third-order valence-electron chi connectivity index (χ3n) is 4.92. The summed E-state index contributed by atoms with van der Waals surface area (Å²) in [5.41, 5.74) is 1.66. The van der Waals surface area contributed by atoms with Crippen LogP contribution in [-0.2, 0) is 24.7 Å². The molecule has 26 heavy (non-hydrogen) atoms. The lowest BCUT2D eigenvalue weighted by Crippen LogP contribution is -2.39. The van der Waals surface area contributed by atoms with Gasteiger partial charge in [-0.1, -0.05) is 17.7 Å². The van der Waals surface area contributed by atoms with E-state index in [4.69, 9.17) is 11.6 Å². The predicted octanol–water partition coefficient (Wildman–Crippen LogP) is 3.20. The highest BCUT2D eigenvalue weighted by molar-refractivity contribution is 6.30.